The lowest BCUT2D eigenvalue weighted by Gasteiger charge is -2.45. The molecule has 0 saturated heterocycles. The molecule has 0 spiro atoms. The summed E-state index contributed by atoms with van der Waals surface area (Å²) >= 11 is 0. The van der Waals surface area contributed by atoms with E-state index in [1.165, 1.54) is 12.7 Å². The second kappa shape index (κ2) is 7.07. The Bertz CT molecular complexity index is 762. The topological polar surface area (TPSA) is 101 Å². The summed E-state index contributed by atoms with van der Waals surface area (Å²) in [7, 11) is 0. The first-order valence-corrected chi connectivity index (χ1v) is 10.1. The number of hydrogen-bond acceptors (Lipinski definition) is 4. The van der Waals surface area contributed by atoms with Crippen molar-refractivity contribution in [1.29, 1.82) is 0 Å². The van der Waals surface area contributed by atoms with Crippen molar-refractivity contribution in [2.45, 2.75) is 70.3 Å². The molecule has 2 fully saturated rings. The molecule has 1 atom stereocenters. The molecule has 1 aromatic rings. The molecule has 146 valence electrons. The largest absolute Gasteiger partial charge is 0.464 e. The van der Waals surface area contributed by atoms with Gasteiger partial charge in [0.1, 0.15) is 12.4 Å². The average molecular weight is 375 g/mol. The maximum absolute atomic E-state index is 13.3. The Hall–Kier alpha value is -2.22. The Labute approximate surface area is 158 Å². The van der Waals surface area contributed by atoms with E-state index in [0.717, 1.165) is 62.4 Å². The second-order valence-corrected chi connectivity index (χ2v) is 8.18. The summed E-state index contributed by atoms with van der Waals surface area (Å²) in [6.07, 6.45) is 10.6. The fraction of sp³-hybridized carbons (Fsp3) is 0.684. The van der Waals surface area contributed by atoms with E-state index in [9.17, 15) is 19.5 Å². The Morgan fingerprint density at radius 1 is 1.11 bits per heavy atom. The average Bonchev–Trinajstić information content (AvgIpc) is 3.13. The van der Waals surface area contributed by atoms with E-state index in [2.05, 4.69) is 10.3 Å². The van der Waals surface area contributed by atoms with Gasteiger partial charge in [-0.3, -0.25) is 4.79 Å². The summed E-state index contributed by atoms with van der Waals surface area (Å²) in [6, 6.07) is -0.287. The third-order valence-corrected chi connectivity index (χ3v) is 6.60. The molecule has 2 saturated carbocycles. The first-order valence-electron chi connectivity index (χ1n) is 10.1. The highest BCUT2D eigenvalue weighted by Crippen LogP contribution is 2.41. The van der Waals surface area contributed by atoms with Crippen molar-refractivity contribution >= 4 is 23.8 Å². The van der Waals surface area contributed by atoms with Crippen LogP contribution in [-0.4, -0.2) is 45.3 Å². The number of carboxylic acid groups (broad SMARTS) is 1. The molecule has 2 N–H and O–H groups in total. The lowest BCUT2D eigenvalue weighted by molar-refractivity contribution is 0.0869. The van der Waals surface area contributed by atoms with Gasteiger partial charge in [-0.05, 0) is 25.7 Å². The van der Waals surface area contributed by atoms with E-state index in [1.54, 1.807) is 0 Å². The number of quaternary nitrogens is 1. The van der Waals surface area contributed by atoms with Gasteiger partial charge in [0.15, 0.2) is 0 Å². The zero-order chi connectivity index (χ0) is 19.0. The number of carbonyl (C=O) groups is 3. The van der Waals surface area contributed by atoms with Crippen molar-refractivity contribution in [3.8, 4) is 0 Å². The second-order valence-electron chi connectivity index (χ2n) is 8.18. The number of amides is 3. The molecule has 27 heavy (non-hydrogen) atoms. The maximum Gasteiger partial charge on any atom is 0.430 e. The Balaban J connectivity index is 1.83. The molecule has 8 heteroatoms. The van der Waals surface area contributed by atoms with Gasteiger partial charge in [0.2, 0.25) is 5.69 Å². The molecule has 4 rings (SSSR count). The number of urea groups is 1. The van der Waals surface area contributed by atoms with E-state index < -0.39 is 12.0 Å². The number of imide groups is 1. The van der Waals surface area contributed by atoms with Crippen molar-refractivity contribution in [1.82, 2.24) is 19.4 Å². The van der Waals surface area contributed by atoms with E-state index in [-0.39, 0.29) is 22.2 Å². The van der Waals surface area contributed by atoms with Gasteiger partial charge in [0.25, 0.3) is 11.7 Å². The van der Waals surface area contributed by atoms with Gasteiger partial charge in [-0.25, -0.2) is 19.5 Å². The number of nitrogens with one attached hydrogen (secondary N) is 1. The van der Waals surface area contributed by atoms with Gasteiger partial charge in [-0.1, -0.05) is 25.7 Å². The molecular formula is C19H27N4O4+. The molecule has 0 aromatic carbocycles. The lowest BCUT2D eigenvalue weighted by atomic mass is 9.85. The van der Waals surface area contributed by atoms with Crippen molar-refractivity contribution in [2.24, 2.45) is 5.92 Å². The van der Waals surface area contributed by atoms with Crippen LogP contribution in [0.2, 0.25) is 0 Å². The fourth-order valence-corrected chi connectivity index (χ4v) is 5.30. The number of imidazole rings is 1. The minimum Gasteiger partial charge on any atom is -0.464 e. The number of hydrogen-bond donors (Lipinski definition) is 2. The van der Waals surface area contributed by atoms with E-state index in [1.807, 2.05) is 0 Å². The van der Waals surface area contributed by atoms with Crippen LogP contribution in [0.25, 0.3) is 0 Å². The number of rotatable bonds is 3. The highest BCUT2D eigenvalue weighted by atomic mass is 16.4. The number of fused-ring (bicyclic) bond motifs is 1. The zero-order valence-corrected chi connectivity index (χ0v) is 15.5. The summed E-state index contributed by atoms with van der Waals surface area (Å²) in [5.74, 6) is 0.0641. The molecular weight excluding hydrogens is 348 g/mol. The molecule has 0 radical (unpaired) electrons. The summed E-state index contributed by atoms with van der Waals surface area (Å²) < 4.78 is 0.847. The van der Waals surface area contributed by atoms with Crippen molar-refractivity contribution in [3.63, 3.8) is 0 Å². The lowest BCUT2D eigenvalue weighted by Crippen LogP contribution is -2.70. The van der Waals surface area contributed by atoms with Gasteiger partial charge in [0, 0.05) is 18.8 Å². The normalized spacial score (nSPS) is 27.3. The van der Waals surface area contributed by atoms with Crippen molar-refractivity contribution in [2.75, 3.05) is 6.54 Å². The molecule has 0 bridgehead atoms. The van der Waals surface area contributed by atoms with Gasteiger partial charge < -0.3 is 5.11 Å². The van der Waals surface area contributed by atoms with Crippen LogP contribution in [0.15, 0.2) is 6.33 Å². The number of nitrogens with zero attached hydrogens (tertiary/aromatic N) is 3. The van der Waals surface area contributed by atoms with Gasteiger partial charge >= 0.3 is 12.1 Å². The monoisotopic (exact) mass is 375 g/mol. The number of carbonyl (C=O) groups excluding carboxylic acids is 2. The first-order chi connectivity index (χ1) is 13.0. The quantitative estimate of drug-likeness (QED) is 0.788. The Morgan fingerprint density at radius 3 is 2.37 bits per heavy atom. The minimum atomic E-state index is -1.26. The summed E-state index contributed by atoms with van der Waals surface area (Å²) in [6.45, 7) is 0.605. The molecule has 1 unspecified atom stereocenters. The molecule has 1 aromatic heterocycles. The highest BCUT2D eigenvalue weighted by Gasteiger charge is 2.56. The van der Waals surface area contributed by atoms with Gasteiger partial charge in [-0.2, -0.15) is 9.47 Å². The van der Waals surface area contributed by atoms with E-state index >= 15 is 0 Å². The van der Waals surface area contributed by atoms with Crippen LogP contribution in [0.1, 0.15) is 74.7 Å². The third-order valence-electron chi connectivity index (χ3n) is 6.60. The van der Waals surface area contributed by atoms with Crippen LogP contribution >= 0.6 is 0 Å². The van der Waals surface area contributed by atoms with E-state index in [4.69, 9.17) is 0 Å². The minimum absolute atomic E-state index is 0.00322. The fourth-order valence-electron chi connectivity index (χ4n) is 5.30. The predicted molar refractivity (Wildman–Crippen MR) is 98.6 cm³/mol. The summed E-state index contributed by atoms with van der Waals surface area (Å²) in [5, 5.41) is 11.9. The number of aromatic nitrogens is 2. The maximum atomic E-state index is 13.3. The van der Waals surface area contributed by atoms with Crippen LogP contribution in [0.3, 0.4) is 0 Å². The molecule has 2 heterocycles. The van der Waals surface area contributed by atoms with Crippen LogP contribution in [0.5, 0.6) is 0 Å². The predicted octanol–water partition coefficient (Wildman–Crippen LogP) is 3.49. The molecule has 3 aliphatic rings. The van der Waals surface area contributed by atoms with Gasteiger partial charge in [-0.15, -0.1) is 0 Å². The van der Waals surface area contributed by atoms with Crippen LogP contribution < -0.4 is 9.80 Å². The van der Waals surface area contributed by atoms with E-state index in [0.29, 0.717) is 18.3 Å². The van der Waals surface area contributed by atoms with Crippen molar-refractivity contribution < 1.29 is 19.5 Å². The Kier molecular flexibility index (Phi) is 4.75. The zero-order valence-electron chi connectivity index (χ0n) is 15.5. The van der Waals surface area contributed by atoms with Crippen LogP contribution in [0, 0.1) is 5.92 Å². The summed E-state index contributed by atoms with van der Waals surface area (Å²) in [4.78, 5) is 41.7. The molecule has 8 nitrogen and oxygen atoms in total. The smallest absolute Gasteiger partial charge is 0.430 e. The van der Waals surface area contributed by atoms with Crippen molar-refractivity contribution in [3.05, 3.63) is 12.0 Å². The van der Waals surface area contributed by atoms with Gasteiger partial charge in [0.05, 0.1) is 6.54 Å². The highest BCUT2D eigenvalue weighted by molar-refractivity contribution is 6.14. The SMILES string of the molecule is O=C1NC(=O)[N+](CC2CCCCC2)(C2CCCCC2)c2ncn(C(=O)O)c21. The molecule has 1 aliphatic heterocycles. The first kappa shape index (κ1) is 18.2. The Morgan fingerprint density at radius 2 is 1.74 bits per heavy atom. The third kappa shape index (κ3) is 2.96. The standard InChI is InChI=1S/C19H26N4O4/c24-17-15-16(20-12-22(15)19(26)27)23(18(25)21-17,14-9-5-2-6-10-14)11-13-7-3-1-4-8-13/h12-14H,1-11H2,(H-,21,24,25,26,27)/p+1. The molecule has 2 aliphatic carbocycles. The van der Waals surface area contributed by atoms with Crippen LogP contribution in [0.4, 0.5) is 15.4 Å². The molecule has 3 amide bonds. The van der Waals surface area contributed by atoms with Crippen LogP contribution in [-0.2, 0) is 0 Å². The summed E-state index contributed by atoms with van der Waals surface area (Å²) in [5.41, 5.74) is 0.00322.